The molecule has 130 valence electrons. The van der Waals surface area contributed by atoms with E-state index >= 15 is 0 Å². The Morgan fingerprint density at radius 2 is 2.08 bits per heavy atom. The summed E-state index contributed by atoms with van der Waals surface area (Å²) in [5.41, 5.74) is 0.868. The Morgan fingerprint density at radius 1 is 1.38 bits per heavy atom. The third kappa shape index (κ3) is 4.66. The molecule has 1 unspecified atom stereocenters. The van der Waals surface area contributed by atoms with Gasteiger partial charge in [-0.3, -0.25) is 4.79 Å². The number of hydrogen-bond acceptors (Lipinski definition) is 5. The predicted octanol–water partition coefficient (Wildman–Crippen LogP) is 2.10. The number of rotatable bonds is 8. The summed E-state index contributed by atoms with van der Waals surface area (Å²) in [5, 5.41) is 12.1. The van der Waals surface area contributed by atoms with Gasteiger partial charge >= 0.3 is 0 Å². The van der Waals surface area contributed by atoms with Gasteiger partial charge in [0, 0.05) is 19.3 Å². The molecule has 0 fully saturated rings. The van der Waals surface area contributed by atoms with E-state index in [1.807, 2.05) is 37.3 Å². The number of carbonyl (C=O) groups excluding carboxylic acids is 1. The minimum Gasteiger partial charge on any atom is -0.441 e. The molecule has 2 N–H and O–H groups in total. The lowest BCUT2D eigenvalue weighted by atomic mass is 9.99. The standard InChI is InChI=1S/C18H24N2O4/c1-13-15(19-17(24-13)14-7-5-4-6-8-14)11-16(22)20-18(2,9-10-21)12-23-3/h4-8,21H,9-12H2,1-3H3,(H,20,22). The van der Waals surface area contributed by atoms with E-state index in [0.29, 0.717) is 30.4 Å². The van der Waals surface area contributed by atoms with E-state index in [0.717, 1.165) is 5.56 Å². The minimum absolute atomic E-state index is 0.0265. The number of amides is 1. The zero-order valence-corrected chi connectivity index (χ0v) is 14.3. The van der Waals surface area contributed by atoms with E-state index in [1.165, 1.54) is 0 Å². The zero-order valence-electron chi connectivity index (χ0n) is 14.3. The van der Waals surface area contributed by atoms with Crippen molar-refractivity contribution >= 4 is 5.91 Å². The van der Waals surface area contributed by atoms with E-state index in [9.17, 15) is 9.90 Å². The zero-order chi connectivity index (χ0) is 17.6. The molecule has 2 rings (SSSR count). The van der Waals surface area contributed by atoms with Gasteiger partial charge < -0.3 is 19.6 Å². The number of ether oxygens (including phenoxy) is 1. The average molecular weight is 332 g/mol. The lowest BCUT2D eigenvalue weighted by Crippen LogP contribution is -2.50. The second-order valence-corrected chi connectivity index (χ2v) is 6.08. The molecule has 1 aromatic carbocycles. The third-order valence-corrected chi connectivity index (χ3v) is 3.81. The molecule has 24 heavy (non-hydrogen) atoms. The van der Waals surface area contributed by atoms with Crippen molar-refractivity contribution in [2.75, 3.05) is 20.3 Å². The van der Waals surface area contributed by atoms with Gasteiger partial charge in [0.2, 0.25) is 11.8 Å². The van der Waals surface area contributed by atoms with Crippen LogP contribution >= 0.6 is 0 Å². The molecular weight excluding hydrogens is 308 g/mol. The van der Waals surface area contributed by atoms with Crippen molar-refractivity contribution in [3.63, 3.8) is 0 Å². The van der Waals surface area contributed by atoms with E-state index in [-0.39, 0.29) is 18.9 Å². The highest BCUT2D eigenvalue weighted by atomic mass is 16.5. The first-order valence-electron chi connectivity index (χ1n) is 7.90. The molecule has 6 heteroatoms. The van der Waals surface area contributed by atoms with Crippen LogP contribution in [-0.2, 0) is 16.0 Å². The number of oxazole rings is 1. The fourth-order valence-electron chi connectivity index (χ4n) is 2.57. The Labute approximate surface area is 141 Å². The summed E-state index contributed by atoms with van der Waals surface area (Å²) in [6.07, 6.45) is 0.534. The summed E-state index contributed by atoms with van der Waals surface area (Å²) in [4.78, 5) is 16.8. The van der Waals surface area contributed by atoms with Gasteiger partial charge in [-0.25, -0.2) is 4.98 Å². The summed E-state index contributed by atoms with van der Waals surface area (Å²) in [6, 6.07) is 9.56. The molecule has 0 aliphatic heterocycles. The van der Waals surface area contributed by atoms with Gasteiger partial charge in [0.1, 0.15) is 5.76 Å². The predicted molar refractivity (Wildman–Crippen MR) is 90.5 cm³/mol. The monoisotopic (exact) mass is 332 g/mol. The van der Waals surface area contributed by atoms with E-state index in [2.05, 4.69) is 10.3 Å². The number of methoxy groups -OCH3 is 1. The Balaban J connectivity index is 2.08. The first kappa shape index (κ1) is 18.2. The first-order valence-corrected chi connectivity index (χ1v) is 7.90. The molecule has 0 aliphatic rings. The number of aryl methyl sites for hydroxylation is 1. The van der Waals surface area contributed by atoms with Crippen molar-refractivity contribution in [3.8, 4) is 11.5 Å². The molecule has 0 radical (unpaired) electrons. The number of benzene rings is 1. The van der Waals surface area contributed by atoms with Crippen LogP contribution in [0.25, 0.3) is 11.5 Å². The number of nitrogens with zero attached hydrogens (tertiary/aromatic N) is 1. The third-order valence-electron chi connectivity index (χ3n) is 3.81. The number of nitrogens with one attached hydrogen (secondary N) is 1. The van der Waals surface area contributed by atoms with Crippen LogP contribution in [0.15, 0.2) is 34.7 Å². The summed E-state index contributed by atoms with van der Waals surface area (Å²) in [5.74, 6) is 0.949. The fourth-order valence-corrected chi connectivity index (χ4v) is 2.57. The van der Waals surface area contributed by atoms with Crippen LogP contribution in [-0.4, -0.2) is 41.9 Å². The van der Waals surface area contributed by atoms with Gasteiger partial charge in [0.15, 0.2) is 0 Å². The molecule has 0 aliphatic carbocycles. The van der Waals surface area contributed by atoms with Crippen molar-refractivity contribution in [1.82, 2.24) is 10.3 Å². The molecular formula is C18H24N2O4. The largest absolute Gasteiger partial charge is 0.441 e. The van der Waals surface area contributed by atoms with Gasteiger partial charge in [0.25, 0.3) is 0 Å². The highest BCUT2D eigenvalue weighted by Gasteiger charge is 2.26. The van der Waals surface area contributed by atoms with Crippen LogP contribution in [0.2, 0.25) is 0 Å². The van der Waals surface area contributed by atoms with Crippen molar-refractivity contribution in [1.29, 1.82) is 0 Å². The molecule has 0 bridgehead atoms. The number of aromatic nitrogens is 1. The molecule has 1 heterocycles. The number of aliphatic hydroxyl groups excluding tert-OH is 1. The molecule has 1 amide bonds. The normalized spacial score (nSPS) is 13.5. The minimum atomic E-state index is -0.611. The van der Waals surface area contributed by atoms with Crippen molar-refractivity contribution in [2.24, 2.45) is 0 Å². The van der Waals surface area contributed by atoms with Crippen LogP contribution in [0.1, 0.15) is 24.8 Å². The van der Waals surface area contributed by atoms with Gasteiger partial charge in [-0.1, -0.05) is 18.2 Å². The fraction of sp³-hybridized carbons (Fsp3) is 0.444. The molecule has 0 saturated carbocycles. The SMILES string of the molecule is COCC(C)(CCO)NC(=O)Cc1nc(-c2ccccc2)oc1C. The summed E-state index contributed by atoms with van der Waals surface area (Å²) in [6.45, 7) is 3.94. The molecule has 2 aromatic rings. The lowest BCUT2D eigenvalue weighted by Gasteiger charge is -2.29. The molecule has 0 saturated heterocycles. The summed E-state index contributed by atoms with van der Waals surface area (Å²) >= 11 is 0. The number of aliphatic hydroxyl groups is 1. The Kier molecular flexibility index (Phi) is 6.11. The lowest BCUT2D eigenvalue weighted by molar-refractivity contribution is -0.123. The maximum Gasteiger partial charge on any atom is 0.226 e. The van der Waals surface area contributed by atoms with Crippen LogP contribution in [0, 0.1) is 6.92 Å². The van der Waals surface area contributed by atoms with Crippen molar-refractivity contribution in [3.05, 3.63) is 41.8 Å². The van der Waals surface area contributed by atoms with Gasteiger partial charge in [0.05, 0.1) is 24.3 Å². The number of hydrogen-bond donors (Lipinski definition) is 2. The maximum atomic E-state index is 12.3. The van der Waals surface area contributed by atoms with Gasteiger partial charge in [-0.15, -0.1) is 0 Å². The van der Waals surface area contributed by atoms with Crippen molar-refractivity contribution < 1.29 is 19.1 Å². The van der Waals surface area contributed by atoms with Gasteiger partial charge in [-0.05, 0) is 32.4 Å². The molecule has 1 atom stereocenters. The van der Waals surface area contributed by atoms with E-state index < -0.39 is 5.54 Å². The Bertz CT molecular complexity index is 661. The maximum absolute atomic E-state index is 12.3. The van der Waals surface area contributed by atoms with Crippen LogP contribution in [0.3, 0.4) is 0 Å². The Morgan fingerprint density at radius 3 is 2.71 bits per heavy atom. The second-order valence-electron chi connectivity index (χ2n) is 6.08. The highest BCUT2D eigenvalue weighted by molar-refractivity contribution is 5.79. The smallest absolute Gasteiger partial charge is 0.226 e. The van der Waals surface area contributed by atoms with Gasteiger partial charge in [-0.2, -0.15) is 0 Å². The van der Waals surface area contributed by atoms with E-state index in [1.54, 1.807) is 14.0 Å². The molecule has 1 aromatic heterocycles. The van der Waals surface area contributed by atoms with Crippen LogP contribution in [0.4, 0.5) is 0 Å². The molecule has 0 spiro atoms. The first-order chi connectivity index (χ1) is 11.5. The summed E-state index contributed by atoms with van der Waals surface area (Å²) in [7, 11) is 1.57. The summed E-state index contributed by atoms with van der Waals surface area (Å²) < 4.78 is 10.8. The highest BCUT2D eigenvalue weighted by Crippen LogP contribution is 2.22. The van der Waals surface area contributed by atoms with Crippen LogP contribution in [0.5, 0.6) is 0 Å². The average Bonchev–Trinajstić information content (AvgIpc) is 2.89. The van der Waals surface area contributed by atoms with Crippen molar-refractivity contribution in [2.45, 2.75) is 32.2 Å². The Hall–Kier alpha value is -2.18. The second kappa shape index (κ2) is 8.08. The molecule has 6 nitrogen and oxygen atoms in total. The quantitative estimate of drug-likeness (QED) is 0.773. The van der Waals surface area contributed by atoms with E-state index in [4.69, 9.17) is 9.15 Å². The van der Waals surface area contributed by atoms with Crippen LogP contribution < -0.4 is 5.32 Å². The topological polar surface area (TPSA) is 84.6 Å². The number of carbonyl (C=O) groups is 1.